The molecule has 0 aliphatic heterocycles. The van der Waals surface area contributed by atoms with Gasteiger partial charge in [0.15, 0.2) is 0 Å². The van der Waals surface area contributed by atoms with Crippen LogP contribution in [0.2, 0.25) is 0 Å². The molecule has 92 valence electrons. The van der Waals surface area contributed by atoms with Gasteiger partial charge in [-0.2, -0.15) is 5.26 Å². The number of aromatic nitrogens is 1. The van der Waals surface area contributed by atoms with E-state index in [4.69, 9.17) is 5.26 Å². The van der Waals surface area contributed by atoms with E-state index < -0.39 is 0 Å². The normalized spacial score (nSPS) is 10.2. The zero-order valence-corrected chi connectivity index (χ0v) is 10.6. The van der Waals surface area contributed by atoms with Crippen LogP contribution in [-0.2, 0) is 6.54 Å². The molecule has 0 atom stereocenters. The van der Waals surface area contributed by atoms with E-state index in [1.807, 2.05) is 36.5 Å². The Morgan fingerprint density at radius 3 is 2.67 bits per heavy atom. The number of nitrogens with one attached hydrogen (secondary N) is 1. The second-order valence-electron chi connectivity index (χ2n) is 4.20. The molecule has 0 bridgehead atoms. The van der Waals surface area contributed by atoms with Crippen LogP contribution in [0.4, 0.5) is 0 Å². The predicted molar refractivity (Wildman–Crippen MR) is 72.5 cm³/mol. The van der Waals surface area contributed by atoms with Gasteiger partial charge in [0.2, 0.25) is 0 Å². The molecule has 1 N–H and O–H groups in total. The Bertz CT molecular complexity index is 532. The lowest BCUT2D eigenvalue weighted by molar-refractivity contribution is 0.656. The van der Waals surface area contributed by atoms with E-state index in [9.17, 15) is 0 Å². The molecule has 0 aliphatic rings. The molecule has 1 heterocycles. The van der Waals surface area contributed by atoms with Crippen molar-refractivity contribution in [3.05, 3.63) is 53.9 Å². The summed E-state index contributed by atoms with van der Waals surface area (Å²) in [6.07, 6.45) is 3.18. The molecule has 0 spiro atoms. The molecule has 0 radical (unpaired) electrons. The van der Waals surface area contributed by atoms with Gasteiger partial charge >= 0.3 is 0 Å². The van der Waals surface area contributed by atoms with Crippen molar-refractivity contribution in [3.8, 4) is 11.8 Å². The maximum absolute atomic E-state index is 8.79. The van der Waals surface area contributed by atoms with E-state index in [0.29, 0.717) is 5.56 Å². The molecular formula is C15H17N3. The smallest absolute Gasteiger partial charge is 0.0991 e. The van der Waals surface area contributed by atoms with E-state index in [0.717, 1.165) is 25.2 Å². The van der Waals surface area contributed by atoms with Gasteiger partial charge in [-0.25, -0.2) is 0 Å². The van der Waals surface area contributed by atoms with E-state index in [1.165, 1.54) is 5.69 Å². The zero-order valence-electron chi connectivity index (χ0n) is 10.6. The molecule has 18 heavy (non-hydrogen) atoms. The van der Waals surface area contributed by atoms with Crippen LogP contribution < -0.4 is 5.32 Å². The fraction of sp³-hybridized carbons (Fsp3) is 0.267. The lowest BCUT2D eigenvalue weighted by Crippen LogP contribution is -2.16. The quantitative estimate of drug-likeness (QED) is 0.815. The largest absolute Gasteiger partial charge is 0.320 e. The molecule has 0 fully saturated rings. The summed E-state index contributed by atoms with van der Waals surface area (Å²) in [7, 11) is 0. The van der Waals surface area contributed by atoms with Gasteiger partial charge in [0, 0.05) is 24.1 Å². The third-order valence-electron chi connectivity index (χ3n) is 2.84. The fourth-order valence-electron chi connectivity index (χ4n) is 1.90. The number of hydrogen-bond acceptors (Lipinski definition) is 2. The first-order chi connectivity index (χ1) is 8.85. The summed E-state index contributed by atoms with van der Waals surface area (Å²) < 4.78 is 2.14. The van der Waals surface area contributed by atoms with Gasteiger partial charge in [0.25, 0.3) is 0 Å². The molecule has 0 unspecified atom stereocenters. The van der Waals surface area contributed by atoms with Crippen molar-refractivity contribution in [1.82, 2.24) is 9.88 Å². The summed E-state index contributed by atoms with van der Waals surface area (Å²) in [4.78, 5) is 0. The minimum Gasteiger partial charge on any atom is -0.320 e. The second kappa shape index (κ2) is 6.04. The van der Waals surface area contributed by atoms with Crippen molar-refractivity contribution >= 4 is 0 Å². The third-order valence-corrected chi connectivity index (χ3v) is 2.84. The Labute approximate surface area is 108 Å². The highest BCUT2D eigenvalue weighted by molar-refractivity contribution is 5.40. The summed E-state index contributed by atoms with van der Waals surface area (Å²) >= 11 is 0. The van der Waals surface area contributed by atoms with Crippen molar-refractivity contribution in [2.24, 2.45) is 0 Å². The first kappa shape index (κ1) is 12.4. The average Bonchev–Trinajstić information content (AvgIpc) is 2.88. The van der Waals surface area contributed by atoms with Gasteiger partial charge in [-0.3, -0.25) is 0 Å². The van der Waals surface area contributed by atoms with Crippen LogP contribution in [0.25, 0.3) is 5.69 Å². The summed E-state index contributed by atoms with van der Waals surface area (Å²) in [5.74, 6) is 0. The second-order valence-corrected chi connectivity index (χ2v) is 4.20. The third kappa shape index (κ3) is 2.79. The highest BCUT2D eigenvalue weighted by Gasteiger charge is 2.02. The Balaban J connectivity index is 2.17. The van der Waals surface area contributed by atoms with Crippen LogP contribution in [0.1, 0.15) is 24.6 Å². The van der Waals surface area contributed by atoms with Crippen LogP contribution >= 0.6 is 0 Å². The molecule has 2 rings (SSSR count). The first-order valence-electron chi connectivity index (χ1n) is 6.22. The van der Waals surface area contributed by atoms with E-state index in [1.54, 1.807) is 0 Å². The number of nitrogens with zero attached hydrogens (tertiary/aromatic N) is 2. The average molecular weight is 239 g/mol. The van der Waals surface area contributed by atoms with Crippen LogP contribution in [0, 0.1) is 11.3 Å². The minimum atomic E-state index is 0.691. The highest BCUT2D eigenvalue weighted by atomic mass is 15.0. The van der Waals surface area contributed by atoms with Crippen molar-refractivity contribution in [3.63, 3.8) is 0 Å². The van der Waals surface area contributed by atoms with Crippen molar-refractivity contribution in [2.75, 3.05) is 6.54 Å². The molecule has 1 aromatic heterocycles. The van der Waals surface area contributed by atoms with Gasteiger partial charge in [-0.15, -0.1) is 0 Å². The van der Waals surface area contributed by atoms with Crippen LogP contribution in [0.3, 0.4) is 0 Å². The zero-order chi connectivity index (χ0) is 12.8. The molecule has 2 aromatic rings. The maximum atomic E-state index is 8.79. The Morgan fingerprint density at radius 1 is 1.22 bits per heavy atom. The molecule has 3 heteroatoms. The molecule has 1 aromatic carbocycles. The minimum absolute atomic E-state index is 0.691. The summed E-state index contributed by atoms with van der Waals surface area (Å²) in [5.41, 5.74) is 3.01. The van der Waals surface area contributed by atoms with E-state index in [-0.39, 0.29) is 0 Å². The summed E-state index contributed by atoms with van der Waals surface area (Å²) in [6, 6.07) is 13.9. The lowest BCUT2D eigenvalue weighted by Gasteiger charge is -2.10. The molecule has 0 saturated heterocycles. The van der Waals surface area contributed by atoms with Gasteiger partial charge in [-0.1, -0.05) is 6.92 Å². The summed E-state index contributed by atoms with van der Waals surface area (Å²) in [6.45, 7) is 4.05. The lowest BCUT2D eigenvalue weighted by atomic mass is 10.2. The Morgan fingerprint density at radius 2 is 2.00 bits per heavy atom. The molecule has 0 amide bonds. The topological polar surface area (TPSA) is 40.8 Å². The standard InChI is InChI=1S/C15H17N3/c1-2-9-17-12-15-4-3-10-18(15)14-7-5-13(11-16)6-8-14/h3-8,10,17H,2,9,12H2,1H3. The van der Waals surface area contributed by atoms with Crippen LogP contribution in [-0.4, -0.2) is 11.1 Å². The van der Waals surface area contributed by atoms with Gasteiger partial charge < -0.3 is 9.88 Å². The van der Waals surface area contributed by atoms with Crippen molar-refractivity contribution in [2.45, 2.75) is 19.9 Å². The number of rotatable bonds is 5. The monoisotopic (exact) mass is 239 g/mol. The SMILES string of the molecule is CCCNCc1cccn1-c1ccc(C#N)cc1. The maximum Gasteiger partial charge on any atom is 0.0991 e. The van der Waals surface area contributed by atoms with E-state index in [2.05, 4.69) is 28.9 Å². The van der Waals surface area contributed by atoms with Crippen LogP contribution in [0.15, 0.2) is 42.6 Å². The number of nitriles is 1. The van der Waals surface area contributed by atoms with Gasteiger partial charge in [0.1, 0.15) is 0 Å². The van der Waals surface area contributed by atoms with E-state index >= 15 is 0 Å². The van der Waals surface area contributed by atoms with Gasteiger partial charge in [-0.05, 0) is 49.4 Å². The van der Waals surface area contributed by atoms with Gasteiger partial charge in [0.05, 0.1) is 11.6 Å². The van der Waals surface area contributed by atoms with Crippen molar-refractivity contribution < 1.29 is 0 Å². The molecular weight excluding hydrogens is 222 g/mol. The molecule has 0 aliphatic carbocycles. The number of hydrogen-bond donors (Lipinski definition) is 1. The van der Waals surface area contributed by atoms with Crippen LogP contribution in [0.5, 0.6) is 0 Å². The first-order valence-corrected chi connectivity index (χ1v) is 6.22. The summed E-state index contributed by atoms with van der Waals surface area (Å²) in [5, 5.41) is 12.2. The predicted octanol–water partition coefficient (Wildman–Crippen LogP) is 2.85. The Kier molecular flexibility index (Phi) is 4.16. The Hall–Kier alpha value is -2.05. The molecule has 0 saturated carbocycles. The number of benzene rings is 1. The van der Waals surface area contributed by atoms with Crippen molar-refractivity contribution in [1.29, 1.82) is 5.26 Å². The highest BCUT2D eigenvalue weighted by Crippen LogP contribution is 2.13. The molecule has 3 nitrogen and oxygen atoms in total. The fourth-order valence-corrected chi connectivity index (χ4v) is 1.90.